The molecule has 0 amide bonds. The normalized spacial score (nSPS) is 17.2. The Labute approximate surface area is 157 Å². The maximum absolute atomic E-state index is 2.33. The molecule has 0 radical (unpaired) electrons. The summed E-state index contributed by atoms with van der Waals surface area (Å²) in [5, 5.41) is 0. The van der Waals surface area contributed by atoms with E-state index in [1.807, 2.05) is 0 Å². The molecule has 1 saturated heterocycles. The minimum absolute atomic E-state index is 1.37. The van der Waals surface area contributed by atoms with E-state index in [2.05, 4.69) is 25.6 Å². The Balaban J connectivity index is 2.05. The summed E-state index contributed by atoms with van der Waals surface area (Å²) in [7, 11) is 0. The smallest absolute Gasteiger partial charge is 0.0878 e. The summed E-state index contributed by atoms with van der Waals surface area (Å²) in [4.78, 5) is 0. The second-order valence-corrected chi connectivity index (χ2v) is 9.32. The van der Waals surface area contributed by atoms with Crippen LogP contribution in [0.25, 0.3) is 0 Å². The molecular formula is C22H46NS+. The van der Waals surface area contributed by atoms with E-state index in [9.17, 15) is 0 Å². The van der Waals surface area contributed by atoms with Gasteiger partial charge >= 0.3 is 0 Å². The van der Waals surface area contributed by atoms with Crippen LogP contribution in [0.5, 0.6) is 0 Å². The molecule has 1 fully saturated rings. The van der Waals surface area contributed by atoms with Crippen LogP contribution in [0.2, 0.25) is 0 Å². The lowest BCUT2D eigenvalue weighted by Crippen LogP contribution is -2.54. The molecular weight excluding hydrogens is 310 g/mol. The fourth-order valence-electron chi connectivity index (χ4n) is 4.10. The first-order valence-electron chi connectivity index (χ1n) is 11.3. The molecule has 1 nitrogen and oxygen atoms in total. The third-order valence-corrected chi connectivity index (χ3v) is 6.83. The molecule has 24 heavy (non-hydrogen) atoms. The molecule has 0 N–H and O–H groups in total. The number of quaternary nitrogens is 1. The largest absolute Gasteiger partial charge is 0.322 e. The van der Waals surface area contributed by atoms with Crippen LogP contribution in [-0.4, -0.2) is 42.2 Å². The highest BCUT2D eigenvalue weighted by Crippen LogP contribution is 2.22. The van der Waals surface area contributed by atoms with Gasteiger partial charge in [-0.05, 0) is 25.7 Å². The predicted molar refractivity (Wildman–Crippen MR) is 113 cm³/mol. The number of rotatable bonds is 16. The van der Waals surface area contributed by atoms with Crippen LogP contribution in [0.4, 0.5) is 0 Å². The van der Waals surface area contributed by atoms with E-state index in [1.165, 1.54) is 132 Å². The second kappa shape index (κ2) is 15.6. The molecule has 2 heteroatoms. The zero-order valence-electron chi connectivity index (χ0n) is 17.0. The number of nitrogens with zero attached hydrogens (tertiary/aromatic N) is 1. The monoisotopic (exact) mass is 356 g/mol. The zero-order chi connectivity index (χ0) is 17.3. The van der Waals surface area contributed by atoms with Gasteiger partial charge in [0.25, 0.3) is 0 Å². The van der Waals surface area contributed by atoms with Crippen LogP contribution in [0.3, 0.4) is 0 Å². The summed E-state index contributed by atoms with van der Waals surface area (Å²) in [5.74, 6) is 2.82. The Bertz CT molecular complexity index is 261. The average molecular weight is 357 g/mol. The Morgan fingerprint density at radius 3 is 1.38 bits per heavy atom. The lowest BCUT2D eigenvalue weighted by atomic mass is 10.1. The van der Waals surface area contributed by atoms with Crippen molar-refractivity contribution >= 4 is 11.8 Å². The van der Waals surface area contributed by atoms with Crippen molar-refractivity contribution in [3.63, 3.8) is 0 Å². The highest BCUT2D eigenvalue weighted by molar-refractivity contribution is 7.99. The standard InChI is InChI=1S/C22H46NS/c1-3-5-7-9-10-11-12-13-14-16-18-23(17-15-8-6-4-2)19-21-24-22-20-23/h3-22H2,1-2H3/q+1. The highest BCUT2D eigenvalue weighted by atomic mass is 32.2. The van der Waals surface area contributed by atoms with Crippen molar-refractivity contribution in [1.29, 1.82) is 0 Å². The summed E-state index contributed by atoms with van der Waals surface area (Å²) < 4.78 is 1.47. The SMILES string of the molecule is CCCCCCCCCCCC[N+]1(CCCCCC)CCSCC1. The van der Waals surface area contributed by atoms with Gasteiger partial charge in [-0.3, -0.25) is 0 Å². The Morgan fingerprint density at radius 2 is 0.917 bits per heavy atom. The minimum Gasteiger partial charge on any atom is -0.322 e. The van der Waals surface area contributed by atoms with E-state index >= 15 is 0 Å². The van der Waals surface area contributed by atoms with Crippen molar-refractivity contribution in [1.82, 2.24) is 0 Å². The molecule has 0 aromatic heterocycles. The predicted octanol–water partition coefficient (Wildman–Crippen LogP) is 7.05. The molecule has 0 aliphatic carbocycles. The second-order valence-electron chi connectivity index (χ2n) is 8.09. The summed E-state index contributed by atoms with van der Waals surface area (Å²) >= 11 is 2.18. The first-order valence-corrected chi connectivity index (χ1v) is 12.4. The van der Waals surface area contributed by atoms with Crippen LogP contribution in [0, 0.1) is 0 Å². The first kappa shape index (κ1) is 22.4. The van der Waals surface area contributed by atoms with Crippen molar-refractivity contribution in [2.75, 3.05) is 37.7 Å². The van der Waals surface area contributed by atoms with Gasteiger partial charge in [0.2, 0.25) is 0 Å². The van der Waals surface area contributed by atoms with Gasteiger partial charge in [-0.15, -0.1) is 0 Å². The number of unbranched alkanes of at least 4 members (excludes halogenated alkanes) is 12. The van der Waals surface area contributed by atoms with E-state index in [4.69, 9.17) is 0 Å². The van der Waals surface area contributed by atoms with Gasteiger partial charge in [-0.25, -0.2) is 0 Å². The molecule has 1 aliphatic heterocycles. The maximum atomic E-state index is 2.33. The van der Waals surface area contributed by atoms with Gasteiger partial charge in [-0.1, -0.05) is 78.1 Å². The number of hydrogen-bond acceptors (Lipinski definition) is 1. The molecule has 0 aromatic carbocycles. The van der Waals surface area contributed by atoms with E-state index in [0.29, 0.717) is 0 Å². The molecule has 0 atom stereocenters. The van der Waals surface area contributed by atoms with Gasteiger partial charge in [-0.2, -0.15) is 11.8 Å². The Morgan fingerprint density at radius 1 is 0.542 bits per heavy atom. The molecule has 0 bridgehead atoms. The molecule has 0 unspecified atom stereocenters. The van der Waals surface area contributed by atoms with Crippen molar-refractivity contribution in [3.8, 4) is 0 Å². The fraction of sp³-hybridized carbons (Fsp3) is 1.00. The molecule has 0 saturated carbocycles. The van der Waals surface area contributed by atoms with Gasteiger partial charge in [0, 0.05) is 11.5 Å². The molecule has 1 rings (SSSR count). The molecule has 0 aromatic rings. The zero-order valence-corrected chi connectivity index (χ0v) is 17.8. The van der Waals surface area contributed by atoms with E-state index in [1.54, 1.807) is 0 Å². The van der Waals surface area contributed by atoms with Crippen LogP contribution >= 0.6 is 11.8 Å². The highest BCUT2D eigenvalue weighted by Gasteiger charge is 2.28. The average Bonchev–Trinajstić information content (AvgIpc) is 2.61. The molecule has 1 heterocycles. The lowest BCUT2D eigenvalue weighted by Gasteiger charge is -2.41. The minimum atomic E-state index is 1.37. The first-order chi connectivity index (χ1) is 11.8. The van der Waals surface area contributed by atoms with Crippen molar-refractivity contribution in [3.05, 3.63) is 0 Å². The third kappa shape index (κ3) is 11.0. The quantitative estimate of drug-likeness (QED) is 0.211. The maximum Gasteiger partial charge on any atom is 0.0878 e. The van der Waals surface area contributed by atoms with Crippen molar-refractivity contribution < 1.29 is 4.48 Å². The van der Waals surface area contributed by atoms with Crippen molar-refractivity contribution in [2.45, 2.75) is 104 Å². The molecule has 1 aliphatic rings. The van der Waals surface area contributed by atoms with Gasteiger partial charge in [0.05, 0.1) is 26.2 Å². The van der Waals surface area contributed by atoms with Gasteiger partial charge < -0.3 is 4.48 Å². The van der Waals surface area contributed by atoms with E-state index in [0.717, 1.165) is 0 Å². The number of thioether (sulfide) groups is 1. The van der Waals surface area contributed by atoms with E-state index in [-0.39, 0.29) is 0 Å². The summed E-state index contributed by atoms with van der Waals surface area (Å²) in [5.41, 5.74) is 0. The Kier molecular flexibility index (Phi) is 14.5. The summed E-state index contributed by atoms with van der Waals surface area (Å²) in [6.07, 6.45) is 20.4. The topological polar surface area (TPSA) is 0 Å². The van der Waals surface area contributed by atoms with Crippen LogP contribution in [-0.2, 0) is 0 Å². The molecule has 144 valence electrons. The van der Waals surface area contributed by atoms with Gasteiger partial charge in [0.15, 0.2) is 0 Å². The van der Waals surface area contributed by atoms with Gasteiger partial charge in [0.1, 0.15) is 0 Å². The van der Waals surface area contributed by atoms with Crippen LogP contribution < -0.4 is 0 Å². The Hall–Kier alpha value is 0.310. The number of hydrogen-bond donors (Lipinski definition) is 0. The fourth-order valence-corrected chi connectivity index (χ4v) is 5.33. The van der Waals surface area contributed by atoms with Crippen molar-refractivity contribution in [2.24, 2.45) is 0 Å². The summed E-state index contributed by atoms with van der Waals surface area (Å²) in [6, 6.07) is 0. The third-order valence-electron chi connectivity index (χ3n) is 5.89. The summed E-state index contributed by atoms with van der Waals surface area (Å²) in [6.45, 7) is 10.5. The van der Waals surface area contributed by atoms with Crippen LogP contribution in [0.1, 0.15) is 104 Å². The molecule has 0 spiro atoms. The lowest BCUT2D eigenvalue weighted by molar-refractivity contribution is -0.925. The van der Waals surface area contributed by atoms with E-state index < -0.39 is 0 Å². The van der Waals surface area contributed by atoms with Crippen LogP contribution in [0.15, 0.2) is 0 Å².